The fourth-order valence-electron chi connectivity index (χ4n) is 1.23. The van der Waals surface area contributed by atoms with E-state index in [1.165, 1.54) is 5.56 Å². The van der Waals surface area contributed by atoms with Crippen molar-refractivity contribution in [3.63, 3.8) is 0 Å². The zero-order valence-corrected chi connectivity index (χ0v) is 10.2. The number of benzene rings is 1. The van der Waals surface area contributed by atoms with E-state index in [0.717, 1.165) is 0 Å². The van der Waals surface area contributed by atoms with Crippen LogP contribution in [0.5, 0.6) is 0 Å². The Kier molecular flexibility index (Phi) is 2.84. The Hall–Kier alpha value is 0.0901. The fourth-order valence-corrected chi connectivity index (χ4v) is 5.52. The number of rotatable bonds is 1. The summed E-state index contributed by atoms with van der Waals surface area (Å²) in [6, 6.07) is 8.77. The first-order chi connectivity index (χ1) is 4.72. The molecule has 1 aromatic carbocycles. The number of hydrogen-bond acceptors (Lipinski definition) is 0. The molecular formula is C9H13In. The van der Waals surface area contributed by atoms with Gasteiger partial charge in [0, 0.05) is 0 Å². The van der Waals surface area contributed by atoms with Crippen molar-refractivity contribution in [2.45, 2.75) is 16.3 Å². The van der Waals surface area contributed by atoms with Crippen LogP contribution in [0.3, 0.4) is 0 Å². The molecule has 0 N–H and O–H groups in total. The van der Waals surface area contributed by atoms with Gasteiger partial charge in [0.25, 0.3) is 0 Å². The molecule has 0 bridgehead atoms. The van der Waals surface area contributed by atoms with Crippen molar-refractivity contribution in [2.75, 3.05) is 0 Å². The normalized spacial score (nSPS) is 9.50. The Bertz CT molecular complexity index is 216. The fraction of sp³-hybridized carbons (Fsp3) is 0.333. The second kappa shape index (κ2) is 3.47. The topological polar surface area (TPSA) is 0 Å². The molecule has 0 heterocycles. The number of hydrogen-bond donors (Lipinski definition) is 0. The molecule has 0 unspecified atom stereocenters. The molecular weight excluding hydrogens is 223 g/mol. The molecule has 0 aromatic heterocycles. The van der Waals surface area contributed by atoms with Crippen LogP contribution in [0.1, 0.15) is 5.56 Å². The summed E-state index contributed by atoms with van der Waals surface area (Å²) >= 11 is -1.19. The van der Waals surface area contributed by atoms with Crippen molar-refractivity contribution < 1.29 is 0 Å². The summed E-state index contributed by atoms with van der Waals surface area (Å²) in [6.07, 6.45) is 0. The van der Waals surface area contributed by atoms with Crippen LogP contribution in [0, 0.1) is 6.92 Å². The van der Waals surface area contributed by atoms with Crippen molar-refractivity contribution in [2.24, 2.45) is 0 Å². The van der Waals surface area contributed by atoms with Gasteiger partial charge in [-0.1, -0.05) is 0 Å². The SMILES string of the molecule is Cc1cccc[c]1[In]([CH3])[CH3]. The van der Waals surface area contributed by atoms with Gasteiger partial charge in [0.05, 0.1) is 0 Å². The summed E-state index contributed by atoms with van der Waals surface area (Å²) in [4.78, 5) is 0. The molecule has 0 radical (unpaired) electrons. The van der Waals surface area contributed by atoms with Gasteiger partial charge in [-0.3, -0.25) is 0 Å². The minimum atomic E-state index is -1.19. The minimum absolute atomic E-state index is 1.19. The van der Waals surface area contributed by atoms with Crippen molar-refractivity contribution in [3.8, 4) is 0 Å². The summed E-state index contributed by atoms with van der Waals surface area (Å²) in [5.74, 6) is 0. The van der Waals surface area contributed by atoms with E-state index in [1.807, 2.05) is 0 Å². The van der Waals surface area contributed by atoms with Gasteiger partial charge in [-0.25, -0.2) is 0 Å². The third-order valence-corrected chi connectivity index (χ3v) is 7.21. The molecule has 52 valence electrons. The Morgan fingerprint density at radius 2 is 1.70 bits per heavy atom. The van der Waals surface area contributed by atoms with Crippen molar-refractivity contribution in [3.05, 3.63) is 29.8 Å². The Morgan fingerprint density at radius 3 is 2.10 bits per heavy atom. The zero-order chi connectivity index (χ0) is 7.56. The van der Waals surface area contributed by atoms with Crippen molar-refractivity contribution in [1.29, 1.82) is 0 Å². The van der Waals surface area contributed by atoms with Crippen LogP contribution in [0.25, 0.3) is 0 Å². The molecule has 0 aliphatic carbocycles. The summed E-state index contributed by atoms with van der Waals surface area (Å²) in [6.45, 7) is 2.21. The third kappa shape index (κ3) is 1.79. The predicted octanol–water partition coefficient (Wildman–Crippen LogP) is 1.96. The molecule has 0 amide bonds. The molecule has 0 aliphatic rings. The quantitative estimate of drug-likeness (QED) is 0.699. The third-order valence-electron chi connectivity index (χ3n) is 1.81. The van der Waals surface area contributed by atoms with Crippen LogP contribution in [0.2, 0.25) is 9.36 Å². The van der Waals surface area contributed by atoms with Crippen LogP contribution >= 0.6 is 0 Å². The van der Waals surface area contributed by atoms with E-state index >= 15 is 0 Å². The van der Waals surface area contributed by atoms with Crippen molar-refractivity contribution >= 4 is 24.8 Å². The Morgan fingerprint density at radius 1 is 1.10 bits per heavy atom. The van der Waals surface area contributed by atoms with E-state index in [4.69, 9.17) is 0 Å². The summed E-state index contributed by atoms with van der Waals surface area (Å²) in [5, 5.41) is 0. The van der Waals surface area contributed by atoms with Crippen LogP contribution in [0.15, 0.2) is 24.3 Å². The molecule has 0 nitrogen and oxygen atoms in total. The molecule has 0 saturated carbocycles. The zero-order valence-electron chi connectivity index (χ0n) is 6.89. The average molecular weight is 236 g/mol. The Labute approximate surface area is 70.8 Å². The molecule has 1 heteroatoms. The first kappa shape index (κ1) is 8.19. The van der Waals surface area contributed by atoms with Crippen LogP contribution < -0.4 is 3.32 Å². The van der Waals surface area contributed by atoms with Gasteiger partial charge in [0.2, 0.25) is 0 Å². The summed E-state index contributed by atoms with van der Waals surface area (Å²) in [7, 11) is 0. The molecule has 1 rings (SSSR count). The molecule has 0 fully saturated rings. The standard InChI is InChI=1S/C7H7.2CH3.In/c1-7-5-3-2-4-6-7;;;/h2-5H,1H3;2*1H3;. The van der Waals surface area contributed by atoms with Gasteiger partial charge in [-0.2, -0.15) is 0 Å². The molecule has 10 heavy (non-hydrogen) atoms. The van der Waals surface area contributed by atoms with E-state index in [0.29, 0.717) is 0 Å². The van der Waals surface area contributed by atoms with Gasteiger partial charge >= 0.3 is 70.9 Å². The molecule has 0 atom stereocenters. The van der Waals surface area contributed by atoms with Gasteiger partial charge in [-0.15, -0.1) is 0 Å². The second-order valence-electron chi connectivity index (χ2n) is 3.01. The van der Waals surface area contributed by atoms with Crippen LogP contribution in [-0.4, -0.2) is 21.4 Å². The van der Waals surface area contributed by atoms with Crippen LogP contribution in [-0.2, 0) is 0 Å². The molecule has 0 aliphatic heterocycles. The van der Waals surface area contributed by atoms with E-state index in [1.54, 1.807) is 3.32 Å². The second-order valence-corrected chi connectivity index (χ2v) is 11.4. The molecule has 0 spiro atoms. The van der Waals surface area contributed by atoms with Crippen molar-refractivity contribution in [1.82, 2.24) is 0 Å². The van der Waals surface area contributed by atoms with Crippen LogP contribution in [0.4, 0.5) is 0 Å². The van der Waals surface area contributed by atoms with E-state index in [2.05, 4.69) is 40.5 Å². The first-order valence-electron chi connectivity index (χ1n) is 3.77. The summed E-state index contributed by atoms with van der Waals surface area (Å²) < 4.78 is 6.54. The van der Waals surface area contributed by atoms with E-state index in [9.17, 15) is 0 Å². The van der Waals surface area contributed by atoms with E-state index in [-0.39, 0.29) is 0 Å². The maximum atomic E-state index is 2.43. The molecule has 1 aromatic rings. The van der Waals surface area contributed by atoms with Gasteiger partial charge in [0.15, 0.2) is 0 Å². The van der Waals surface area contributed by atoms with E-state index < -0.39 is 21.4 Å². The monoisotopic (exact) mass is 236 g/mol. The number of aryl methyl sites for hydroxylation is 1. The average Bonchev–Trinajstić information content (AvgIpc) is 1.88. The van der Waals surface area contributed by atoms with Gasteiger partial charge in [0.1, 0.15) is 0 Å². The maximum absolute atomic E-state index is 2.43. The Balaban J connectivity index is 3.03. The molecule has 0 saturated heterocycles. The predicted molar refractivity (Wildman–Crippen MR) is 48.3 cm³/mol. The first-order valence-corrected chi connectivity index (χ1v) is 12.0. The van der Waals surface area contributed by atoms with Gasteiger partial charge in [-0.05, 0) is 0 Å². The summed E-state index contributed by atoms with van der Waals surface area (Å²) in [5.41, 5.74) is 1.49. The van der Waals surface area contributed by atoms with Gasteiger partial charge < -0.3 is 0 Å².